The van der Waals surface area contributed by atoms with Gasteiger partial charge in [0.1, 0.15) is 0 Å². The summed E-state index contributed by atoms with van der Waals surface area (Å²) < 4.78 is 4.79. The Kier molecular flexibility index (Phi) is 13.6. The molecule has 0 saturated carbocycles. The summed E-state index contributed by atoms with van der Waals surface area (Å²) in [7, 11) is 0. The van der Waals surface area contributed by atoms with E-state index in [0.717, 1.165) is 162 Å². The monoisotopic (exact) mass is 1190 g/mol. The Morgan fingerprint density at radius 2 is 0.538 bits per heavy atom. The Morgan fingerprint density at radius 1 is 0.215 bits per heavy atom. The van der Waals surface area contributed by atoms with E-state index in [0.29, 0.717) is 11.6 Å². The lowest BCUT2D eigenvalue weighted by molar-refractivity contribution is 1.10. The van der Waals surface area contributed by atoms with Crippen molar-refractivity contribution in [1.29, 1.82) is 0 Å². The minimum atomic E-state index is 0.535. The number of hydrogen-bond acceptors (Lipinski definition) is 6. The number of aromatic nitrogens is 8. The van der Waals surface area contributed by atoms with Crippen LogP contribution in [0.2, 0.25) is 0 Å². The third-order valence-electron chi connectivity index (χ3n) is 17.6. The largest absolute Gasteiger partial charge is 0.309 e. The Hall–Kier alpha value is -12.5. The zero-order valence-corrected chi connectivity index (χ0v) is 50.7. The summed E-state index contributed by atoms with van der Waals surface area (Å²) >= 11 is 0. The van der Waals surface area contributed by atoms with Crippen molar-refractivity contribution in [1.82, 2.24) is 39.0 Å². The Bertz CT molecular complexity index is 5270. The second-order valence-corrected chi connectivity index (χ2v) is 23.5. The quantitative estimate of drug-likeness (QED) is 0.121. The average Bonchev–Trinajstić information content (AvgIpc) is 1.64. The molecule has 0 aliphatic heterocycles. The lowest BCUT2D eigenvalue weighted by Gasteiger charge is -2.22. The molecule has 6 aromatic heterocycles. The average molecular weight is 1190 g/mol. The number of benzene rings is 11. The van der Waals surface area contributed by atoms with Crippen molar-refractivity contribution in [2.45, 2.75) is 6.92 Å². The summed E-state index contributed by atoms with van der Waals surface area (Å²) in [6, 6.07) is 113. The van der Waals surface area contributed by atoms with Gasteiger partial charge in [-0.2, -0.15) is 0 Å². The Labute approximate surface area is 537 Å². The molecule has 11 aromatic carbocycles. The highest BCUT2D eigenvalue weighted by atomic mass is 15.0. The van der Waals surface area contributed by atoms with E-state index in [4.69, 9.17) is 29.9 Å². The summed E-state index contributed by atoms with van der Waals surface area (Å²) in [4.78, 5) is 33.5. The minimum absolute atomic E-state index is 0.535. The molecule has 436 valence electrons. The van der Waals surface area contributed by atoms with E-state index < -0.39 is 0 Å². The van der Waals surface area contributed by atoms with Crippen molar-refractivity contribution in [2.24, 2.45) is 0 Å². The minimum Gasteiger partial charge on any atom is -0.309 e. The maximum atomic E-state index is 5.72. The van der Waals surface area contributed by atoms with Crippen molar-refractivity contribution in [2.75, 3.05) is 0 Å². The highest BCUT2D eigenvalue weighted by Crippen LogP contribution is 2.46. The van der Waals surface area contributed by atoms with Gasteiger partial charge in [0, 0.05) is 82.9 Å². The summed E-state index contributed by atoms with van der Waals surface area (Å²) in [5, 5.41) is 4.33. The molecule has 17 aromatic rings. The molecule has 0 atom stereocenters. The summed E-state index contributed by atoms with van der Waals surface area (Å²) in [6.07, 6.45) is 0. The van der Waals surface area contributed by atoms with Crippen LogP contribution in [0.15, 0.2) is 322 Å². The second-order valence-electron chi connectivity index (χ2n) is 23.5. The van der Waals surface area contributed by atoms with E-state index in [-0.39, 0.29) is 0 Å². The lowest BCUT2D eigenvalue weighted by Crippen LogP contribution is -2.08. The first-order valence-electron chi connectivity index (χ1n) is 31.3. The lowest BCUT2D eigenvalue weighted by atomic mass is 10.00. The Balaban J connectivity index is 1.02. The van der Waals surface area contributed by atoms with Gasteiger partial charge in [0.2, 0.25) is 0 Å². The topological polar surface area (TPSA) is 87.2 Å². The van der Waals surface area contributed by atoms with Gasteiger partial charge in [0.15, 0.2) is 11.6 Å². The Morgan fingerprint density at radius 3 is 0.946 bits per heavy atom. The normalized spacial score (nSPS) is 11.5. The molecular formula is C85H56N8. The summed E-state index contributed by atoms with van der Waals surface area (Å²) in [5.74, 6) is 1.07. The smallest absolute Gasteiger partial charge is 0.162 e. The van der Waals surface area contributed by atoms with Crippen molar-refractivity contribution in [3.05, 3.63) is 327 Å². The van der Waals surface area contributed by atoms with E-state index in [9.17, 15) is 0 Å². The predicted octanol–water partition coefficient (Wildman–Crippen LogP) is 21.2. The fourth-order valence-electron chi connectivity index (χ4n) is 13.2. The van der Waals surface area contributed by atoms with Crippen molar-refractivity contribution < 1.29 is 0 Å². The van der Waals surface area contributed by atoms with Crippen LogP contribution in [0.3, 0.4) is 0 Å². The van der Waals surface area contributed by atoms with Crippen LogP contribution in [-0.2, 0) is 0 Å². The molecule has 0 bridgehead atoms. The van der Waals surface area contributed by atoms with Crippen LogP contribution in [0.4, 0.5) is 0 Å². The molecule has 8 nitrogen and oxygen atoms in total. The molecule has 0 unspecified atom stereocenters. The van der Waals surface area contributed by atoms with Gasteiger partial charge in [0.25, 0.3) is 0 Å². The molecule has 0 amide bonds. The van der Waals surface area contributed by atoms with Gasteiger partial charge in [0.05, 0.1) is 73.3 Å². The standard InChI is InChI=1S/C85H56N8/c1-55-42-45-82-66(48-55)65-36-20-21-41-79(65)93(82)83-69(84-88-75(58-28-12-4-13-29-58)53-76(89-84)59-30-14-5-15-31-59)51-64(52-70(83)85-90-77(60-32-16-6-17-33-60)54-78(91-85)61-34-18-7-19-35-61)92-80-46-43-62(73-39-22-37-71(86-73)56-24-8-2-9-25-56)49-67(80)68-50-63(44-47-81(68)92)74-40-23-38-72(87-74)57-26-10-3-11-27-57/h2-54H,1H3. The highest BCUT2D eigenvalue weighted by Gasteiger charge is 2.28. The first-order chi connectivity index (χ1) is 46.0. The van der Waals surface area contributed by atoms with E-state index in [1.54, 1.807) is 0 Å². The van der Waals surface area contributed by atoms with E-state index in [2.05, 4.69) is 301 Å². The molecule has 0 aliphatic rings. The van der Waals surface area contributed by atoms with Crippen LogP contribution in [0.25, 0.3) is 168 Å². The van der Waals surface area contributed by atoms with Gasteiger partial charge >= 0.3 is 0 Å². The number of rotatable bonds is 12. The van der Waals surface area contributed by atoms with Crippen LogP contribution in [0.1, 0.15) is 5.56 Å². The maximum absolute atomic E-state index is 5.72. The molecule has 0 spiro atoms. The number of pyridine rings is 2. The van der Waals surface area contributed by atoms with E-state index in [1.807, 2.05) is 36.4 Å². The van der Waals surface area contributed by atoms with Crippen LogP contribution >= 0.6 is 0 Å². The highest BCUT2D eigenvalue weighted by molar-refractivity contribution is 6.13. The van der Waals surface area contributed by atoms with E-state index in [1.165, 1.54) is 0 Å². The first-order valence-corrected chi connectivity index (χ1v) is 31.3. The number of aryl methyl sites for hydroxylation is 1. The predicted molar refractivity (Wildman–Crippen MR) is 381 cm³/mol. The van der Waals surface area contributed by atoms with Gasteiger partial charge in [-0.1, -0.05) is 236 Å². The van der Waals surface area contributed by atoms with Crippen LogP contribution < -0.4 is 0 Å². The van der Waals surface area contributed by atoms with Crippen LogP contribution in [0.5, 0.6) is 0 Å². The number of fused-ring (bicyclic) bond motifs is 6. The fourth-order valence-corrected chi connectivity index (χ4v) is 13.2. The molecule has 0 saturated heterocycles. The molecule has 0 fully saturated rings. The molecule has 8 heteroatoms. The third kappa shape index (κ3) is 10.1. The third-order valence-corrected chi connectivity index (χ3v) is 17.6. The molecule has 17 rings (SSSR count). The molecule has 0 N–H and O–H groups in total. The molecule has 0 radical (unpaired) electrons. The van der Waals surface area contributed by atoms with Crippen molar-refractivity contribution in [3.8, 4) is 124 Å². The van der Waals surface area contributed by atoms with Crippen LogP contribution in [0, 0.1) is 6.92 Å². The summed E-state index contributed by atoms with van der Waals surface area (Å²) in [5.41, 5.74) is 23.1. The zero-order chi connectivity index (χ0) is 61.8. The number of para-hydroxylation sites is 1. The van der Waals surface area contributed by atoms with Gasteiger partial charge in [-0.25, -0.2) is 29.9 Å². The molecule has 6 heterocycles. The van der Waals surface area contributed by atoms with Gasteiger partial charge < -0.3 is 9.13 Å². The van der Waals surface area contributed by atoms with Gasteiger partial charge in [-0.15, -0.1) is 0 Å². The van der Waals surface area contributed by atoms with Gasteiger partial charge in [-0.3, -0.25) is 0 Å². The second kappa shape index (κ2) is 23.1. The molecule has 93 heavy (non-hydrogen) atoms. The number of nitrogens with zero attached hydrogens (tertiary/aromatic N) is 8. The molecular weight excluding hydrogens is 1130 g/mol. The first kappa shape index (κ1) is 54.6. The van der Waals surface area contributed by atoms with Crippen LogP contribution in [-0.4, -0.2) is 39.0 Å². The SMILES string of the molecule is Cc1ccc2c(c1)c1ccccc1n2-c1c(-c2nc(-c3ccccc3)cc(-c3ccccc3)n2)cc(-n2c3ccc(-c4cccc(-c5ccccc5)n4)cc3c3cc(-c4cccc(-c5ccccc5)n4)ccc32)cc1-c1nc(-c2ccccc2)cc(-c2ccccc2)n1. The fraction of sp³-hybridized carbons (Fsp3) is 0.0118. The maximum Gasteiger partial charge on any atom is 0.162 e. The zero-order valence-electron chi connectivity index (χ0n) is 50.7. The summed E-state index contributed by atoms with van der Waals surface area (Å²) in [6.45, 7) is 2.16. The molecule has 0 aliphatic carbocycles. The van der Waals surface area contributed by atoms with Crippen molar-refractivity contribution >= 4 is 43.6 Å². The van der Waals surface area contributed by atoms with E-state index >= 15 is 0 Å². The van der Waals surface area contributed by atoms with Gasteiger partial charge in [-0.05, 0) is 97.9 Å². The van der Waals surface area contributed by atoms with Crippen molar-refractivity contribution in [3.63, 3.8) is 0 Å². The number of hydrogen-bond donors (Lipinski definition) is 0.